The van der Waals surface area contributed by atoms with Gasteiger partial charge in [-0.25, -0.2) is 0 Å². The van der Waals surface area contributed by atoms with E-state index in [1.54, 1.807) is 4.90 Å². The van der Waals surface area contributed by atoms with Crippen LogP contribution < -0.4 is 5.32 Å². The molecule has 2 amide bonds. The summed E-state index contributed by atoms with van der Waals surface area (Å²) in [7, 11) is 0. The lowest BCUT2D eigenvalue weighted by atomic mass is 10.1. The van der Waals surface area contributed by atoms with E-state index in [0.29, 0.717) is 25.3 Å². The standard InChI is InChI=1S/C21H21N3O2S/c1-3-19(25)22-11-12-24(14-16-7-5-4-6-8-16)21(26)20-17-13-15(2)9-10-18(17)27-23-20/h3-10,13H,1,11-12,14H2,2H3,(H,22,25). The van der Waals surface area contributed by atoms with Gasteiger partial charge in [-0.2, -0.15) is 4.37 Å². The van der Waals surface area contributed by atoms with Gasteiger partial charge in [0, 0.05) is 25.0 Å². The fourth-order valence-corrected chi connectivity index (χ4v) is 3.55. The lowest BCUT2D eigenvalue weighted by molar-refractivity contribution is -0.116. The number of aryl methyl sites for hydroxylation is 1. The zero-order valence-corrected chi connectivity index (χ0v) is 16.0. The Morgan fingerprint density at radius 1 is 1.22 bits per heavy atom. The van der Waals surface area contributed by atoms with Crippen LogP contribution in [0.3, 0.4) is 0 Å². The van der Waals surface area contributed by atoms with Crippen LogP contribution in [0.1, 0.15) is 21.6 Å². The second-order valence-corrected chi connectivity index (χ2v) is 7.04. The van der Waals surface area contributed by atoms with Crippen molar-refractivity contribution in [2.45, 2.75) is 13.5 Å². The number of carbonyl (C=O) groups excluding carboxylic acids is 2. The van der Waals surface area contributed by atoms with Crippen molar-refractivity contribution in [2.24, 2.45) is 0 Å². The maximum Gasteiger partial charge on any atom is 0.274 e. The van der Waals surface area contributed by atoms with Gasteiger partial charge >= 0.3 is 0 Å². The van der Waals surface area contributed by atoms with Crippen molar-refractivity contribution in [3.63, 3.8) is 0 Å². The van der Waals surface area contributed by atoms with Crippen molar-refractivity contribution >= 4 is 33.4 Å². The molecule has 5 nitrogen and oxygen atoms in total. The summed E-state index contributed by atoms with van der Waals surface area (Å²) in [5.74, 6) is -0.389. The Balaban J connectivity index is 1.85. The largest absolute Gasteiger partial charge is 0.351 e. The second kappa shape index (κ2) is 8.60. The van der Waals surface area contributed by atoms with Gasteiger partial charge in [0.25, 0.3) is 5.91 Å². The van der Waals surface area contributed by atoms with Crippen molar-refractivity contribution in [3.05, 3.63) is 78.0 Å². The van der Waals surface area contributed by atoms with E-state index in [9.17, 15) is 9.59 Å². The van der Waals surface area contributed by atoms with E-state index in [2.05, 4.69) is 16.3 Å². The first-order valence-electron chi connectivity index (χ1n) is 8.68. The molecule has 1 heterocycles. The molecule has 0 unspecified atom stereocenters. The smallest absolute Gasteiger partial charge is 0.274 e. The Kier molecular flexibility index (Phi) is 5.98. The van der Waals surface area contributed by atoms with E-state index in [4.69, 9.17) is 0 Å². The normalized spacial score (nSPS) is 10.6. The van der Waals surface area contributed by atoms with E-state index >= 15 is 0 Å². The number of rotatable bonds is 7. The Morgan fingerprint density at radius 2 is 2.00 bits per heavy atom. The predicted octanol–water partition coefficient (Wildman–Crippen LogP) is 3.55. The molecule has 0 saturated carbocycles. The van der Waals surface area contributed by atoms with Gasteiger partial charge in [0.1, 0.15) is 5.69 Å². The number of hydrogen-bond acceptors (Lipinski definition) is 4. The van der Waals surface area contributed by atoms with Crippen molar-refractivity contribution in [1.82, 2.24) is 14.6 Å². The quantitative estimate of drug-likeness (QED) is 0.639. The molecular weight excluding hydrogens is 358 g/mol. The van der Waals surface area contributed by atoms with Crippen LogP contribution in [-0.4, -0.2) is 34.2 Å². The molecular formula is C21H21N3O2S. The van der Waals surface area contributed by atoms with Gasteiger partial charge in [0.05, 0.1) is 4.70 Å². The number of nitrogens with one attached hydrogen (secondary N) is 1. The molecule has 6 heteroatoms. The molecule has 0 aliphatic carbocycles. The van der Waals surface area contributed by atoms with Gasteiger partial charge in [0.15, 0.2) is 0 Å². The molecule has 0 atom stereocenters. The summed E-state index contributed by atoms with van der Waals surface area (Å²) in [6, 6.07) is 15.8. The third-order valence-corrected chi connectivity index (χ3v) is 5.02. The summed E-state index contributed by atoms with van der Waals surface area (Å²) in [5, 5.41) is 3.60. The van der Waals surface area contributed by atoms with Crippen LogP contribution in [0.4, 0.5) is 0 Å². The van der Waals surface area contributed by atoms with Crippen LogP contribution in [-0.2, 0) is 11.3 Å². The van der Waals surface area contributed by atoms with Crippen LogP contribution in [0.2, 0.25) is 0 Å². The lowest BCUT2D eigenvalue weighted by Gasteiger charge is -2.22. The lowest BCUT2D eigenvalue weighted by Crippen LogP contribution is -2.38. The monoisotopic (exact) mass is 379 g/mol. The summed E-state index contributed by atoms with van der Waals surface area (Å²) in [6.07, 6.45) is 1.22. The van der Waals surface area contributed by atoms with Gasteiger partial charge < -0.3 is 10.2 Å². The molecule has 1 aromatic heterocycles. The SMILES string of the molecule is C=CC(=O)NCCN(Cc1ccccc1)C(=O)c1nsc2ccc(C)cc12. The van der Waals surface area contributed by atoms with Gasteiger partial charge in [-0.3, -0.25) is 9.59 Å². The van der Waals surface area contributed by atoms with Crippen LogP contribution in [0.15, 0.2) is 61.2 Å². The summed E-state index contributed by atoms with van der Waals surface area (Å²) in [4.78, 5) is 26.4. The molecule has 1 N–H and O–H groups in total. The van der Waals surface area contributed by atoms with E-state index < -0.39 is 0 Å². The molecule has 0 spiro atoms. The molecule has 0 aliphatic heterocycles. The van der Waals surface area contributed by atoms with Crippen molar-refractivity contribution in [2.75, 3.05) is 13.1 Å². The Hall–Kier alpha value is -2.99. The predicted molar refractivity (Wildman–Crippen MR) is 109 cm³/mol. The highest BCUT2D eigenvalue weighted by molar-refractivity contribution is 7.13. The first-order chi connectivity index (χ1) is 13.1. The molecule has 138 valence electrons. The van der Waals surface area contributed by atoms with E-state index in [1.165, 1.54) is 17.6 Å². The van der Waals surface area contributed by atoms with E-state index in [1.807, 2.05) is 55.5 Å². The minimum absolute atomic E-state index is 0.136. The highest BCUT2D eigenvalue weighted by Gasteiger charge is 2.21. The van der Waals surface area contributed by atoms with Crippen LogP contribution in [0, 0.1) is 6.92 Å². The minimum atomic E-state index is -0.253. The molecule has 0 radical (unpaired) electrons. The Morgan fingerprint density at radius 3 is 2.74 bits per heavy atom. The Labute approximate surface area is 162 Å². The second-order valence-electron chi connectivity index (χ2n) is 6.24. The van der Waals surface area contributed by atoms with Gasteiger partial charge in [-0.15, -0.1) is 0 Å². The summed E-state index contributed by atoms with van der Waals surface area (Å²) in [5.41, 5.74) is 2.57. The number of hydrogen-bond donors (Lipinski definition) is 1. The molecule has 0 bridgehead atoms. The summed E-state index contributed by atoms with van der Waals surface area (Å²) < 4.78 is 5.39. The molecule has 2 aromatic carbocycles. The number of aromatic nitrogens is 1. The summed E-state index contributed by atoms with van der Waals surface area (Å²) in [6.45, 7) is 6.63. The molecule has 3 rings (SSSR count). The van der Waals surface area contributed by atoms with Gasteiger partial charge in [-0.05, 0) is 42.2 Å². The first kappa shape index (κ1) is 18.8. The zero-order valence-electron chi connectivity index (χ0n) is 15.1. The maximum atomic E-state index is 13.2. The van der Waals surface area contributed by atoms with Crippen LogP contribution in [0.25, 0.3) is 10.1 Å². The molecule has 0 fully saturated rings. The third-order valence-electron chi connectivity index (χ3n) is 4.20. The number of benzene rings is 2. The highest BCUT2D eigenvalue weighted by atomic mass is 32.1. The van der Waals surface area contributed by atoms with Gasteiger partial charge in [-0.1, -0.05) is 48.5 Å². The fraction of sp³-hybridized carbons (Fsp3) is 0.190. The number of carbonyl (C=O) groups is 2. The number of amides is 2. The maximum absolute atomic E-state index is 13.2. The topological polar surface area (TPSA) is 62.3 Å². The Bertz CT molecular complexity index is 966. The molecule has 0 aliphatic rings. The van der Waals surface area contributed by atoms with Crippen molar-refractivity contribution in [1.29, 1.82) is 0 Å². The molecule has 3 aromatic rings. The first-order valence-corrected chi connectivity index (χ1v) is 9.45. The molecule has 27 heavy (non-hydrogen) atoms. The number of fused-ring (bicyclic) bond motifs is 1. The van der Waals surface area contributed by atoms with Gasteiger partial charge in [0.2, 0.25) is 5.91 Å². The minimum Gasteiger partial charge on any atom is -0.351 e. The van der Waals surface area contributed by atoms with Crippen LogP contribution in [0.5, 0.6) is 0 Å². The fourth-order valence-electron chi connectivity index (χ4n) is 2.80. The average molecular weight is 379 g/mol. The van der Waals surface area contributed by atoms with E-state index in [-0.39, 0.29) is 11.8 Å². The van der Waals surface area contributed by atoms with Crippen LogP contribution >= 0.6 is 11.5 Å². The number of nitrogens with zero attached hydrogens (tertiary/aromatic N) is 2. The third kappa shape index (κ3) is 4.60. The zero-order chi connectivity index (χ0) is 19.2. The molecule has 0 saturated heterocycles. The van der Waals surface area contributed by atoms with Crippen molar-refractivity contribution in [3.8, 4) is 0 Å². The van der Waals surface area contributed by atoms with E-state index in [0.717, 1.165) is 21.2 Å². The van der Waals surface area contributed by atoms with Crippen molar-refractivity contribution < 1.29 is 9.59 Å². The highest BCUT2D eigenvalue weighted by Crippen LogP contribution is 2.25. The summed E-state index contributed by atoms with van der Waals surface area (Å²) >= 11 is 1.33. The average Bonchev–Trinajstić information content (AvgIpc) is 3.10.